The van der Waals surface area contributed by atoms with Crippen molar-refractivity contribution in [3.63, 3.8) is 0 Å². The van der Waals surface area contributed by atoms with Gasteiger partial charge in [0.05, 0.1) is 12.0 Å². The van der Waals surface area contributed by atoms with Crippen LogP contribution in [0.25, 0.3) is 0 Å². The lowest BCUT2D eigenvalue weighted by Crippen LogP contribution is -2.52. The van der Waals surface area contributed by atoms with Gasteiger partial charge in [0.2, 0.25) is 11.8 Å². The number of hydrogen-bond donors (Lipinski definition) is 2. The standard InChI is InChI=1S/C32H34Cl2FN5O5/c1-30(2)8-10-31(11-9-30)14-18(20(41)13-16-3-5-21(44-15-16)27-39-40-29(43)45-27)23(17-7-12-36-25(34)24(17)35)32(31)19-4-6-22(33)37-26(19)38-28(32)42/h4,6-7,12,16,18,21,23H,3,5,8-11,13-15H2,1-2H3,(H,40,43)(H,37,38,42)/t16-,18-,21-,23-,32+/m0/s1. The van der Waals surface area contributed by atoms with Crippen LogP contribution >= 0.6 is 23.2 Å². The Hall–Kier alpha value is -3.15. The van der Waals surface area contributed by atoms with Crippen molar-refractivity contribution in [3.05, 3.63) is 68.1 Å². The number of ether oxygens (including phenoxy) is 1. The SMILES string of the molecule is CC1(C)CCC2(CC1)C[C@@H](C(=O)C[C@@H]1CC[C@@H](c3n[nH]c(=O)o3)OC1)[C@H](c1ccnc(Cl)c1F)[C@]21C(=O)Nc2nc(Cl)ccc21. The van der Waals surface area contributed by atoms with Gasteiger partial charge in [-0.2, -0.15) is 0 Å². The number of aromatic nitrogens is 4. The molecule has 3 aromatic heterocycles. The highest BCUT2D eigenvalue weighted by Crippen LogP contribution is 2.72. The van der Waals surface area contributed by atoms with Gasteiger partial charge in [-0.3, -0.25) is 9.59 Å². The summed E-state index contributed by atoms with van der Waals surface area (Å²) in [6.07, 6.45) is 5.85. The lowest BCUT2D eigenvalue weighted by molar-refractivity contribution is -0.127. The van der Waals surface area contributed by atoms with Gasteiger partial charge >= 0.3 is 5.76 Å². The summed E-state index contributed by atoms with van der Waals surface area (Å²) < 4.78 is 27.1. The average molecular weight is 659 g/mol. The molecule has 10 nitrogen and oxygen atoms in total. The van der Waals surface area contributed by atoms with E-state index in [2.05, 4.69) is 39.3 Å². The molecule has 0 unspecified atom stereocenters. The van der Waals surface area contributed by atoms with Gasteiger partial charge in [0.15, 0.2) is 11.0 Å². The zero-order valence-electron chi connectivity index (χ0n) is 25.0. The van der Waals surface area contributed by atoms with Crippen molar-refractivity contribution in [2.24, 2.45) is 22.7 Å². The zero-order valence-corrected chi connectivity index (χ0v) is 26.5. The molecular weight excluding hydrogens is 624 g/mol. The van der Waals surface area contributed by atoms with Crippen LogP contribution in [-0.2, 0) is 19.7 Å². The summed E-state index contributed by atoms with van der Waals surface area (Å²) in [7, 11) is 0. The summed E-state index contributed by atoms with van der Waals surface area (Å²) in [6, 6.07) is 5.02. The number of anilines is 1. The third-order valence-electron chi connectivity index (χ3n) is 11.0. The Morgan fingerprint density at radius 1 is 1.11 bits per heavy atom. The number of Topliss-reactive ketones (excluding diaryl/α,β-unsaturated/α-hetero) is 1. The Kier molecular flexibility index (Phi) is 7.44. The van der Waals surface area contributed by atoms with E-state index in [9.17, 15) is 14.4 Å². The molecule has 0 radical (unpaired) electrons. The van der Waals surface area contributed by atoms with Crippen LogP contribution in [0.5, 0.6) is 0 Å². The molecule has 2 aliphatic carbocycles. The summed E-state index contributed by atoms with van der Waals surface area (Å²) in [5.74, 6) is -2.78. The van der Waals surface area contributed by atoms with Crippen molar-refractivity contribution in [1.29, 1.82) is 0 Å². The number of hydrogen-bond acceptors (Lipinski definition) is 8. The van der Waals surface area contributed by atoms with E-state index < -0.39 is 40.3 Å². The Morgan fingerprint density at radius 2 is 1.89 bits per heavy atom. The predicted octanol–water partition coefficient (Wildman–Crippen LogP) is 6.31. The van der Waals surface area contributed by atoms with Crippen LogP contribution in [0.2, 0.25) is 10.3 Å². The van der Waals surface area contributed by atoms with E-state index in [0.717, 1.165) is 12.8 Å². The van der Waals surface area contributed by atoms with E-state index in [4.69, 9.17) is 32.4 Å². The minimum Gasteiger partial charge on any atom is -0.390 e. The fraction of sp³-hybridized carbons (Fsp3) is 0.562. The van der Waals surface area contributed by atoms with Gasteiger partial charge in [-0.05, 0) is 79.4 Å². The lowest BCUT2D eigenvalue weighted by Gasteiger charge is -2.50. The normalized spacial score (nSPS) is 30.0. The smallest absolute Gasteiger partial charge is 0.390 e. The van der Waals surface area contributed by atoms with Gasteiger partial charge in [-0.15, -0.1) is 5.10 Å². The highest BCUT2D eigenvalue weighted by molar-refractivity contribution is 6.30. The quantitative estimate of drug-likeness (QED) is 0.304. The average Bonchev–Trinajstić information content (AvgIpc) is 3.65. The number of H-pyrrole nitrogens is 1. The summed E-state index contributed by atoms with van der Waals surface area (Å²) in [4.78, 5) is 48.9. The summed E-state index contributed by atoms with van der Waals surface area (Å²) in [5, 5.41) is 9.04. The molecule has 5 atom stereocenters. The molecule has 45 heavy (non-hydrogen) atoms. The molecule has 13 heteroatoms. The van der Waals surface area contributed by atoms with Crippen molar-refractivity contribution in [3.8, 4) is 0 Å². The third-order valence-corrected chi connectivity index (χ3v) is 11.4. The minimum atomic E-state index is -1.27. The molecule has 3 fully saturated rings. The number of aromatic amines is 1. The van der Waals surface area contributed by atoms with Crippen molar-refractivity contribution < 1.29 is 23.1 Å². The van der Waals surface area contributed by atoms with Crippen molar-refractivity contribution in [2.75, 3.05) is 11.9 Å². The largest absolute Gasteiger partial charge is 0.434 e. The molecule has 2 aliphatic heterocycles. The molecule has 3 aromatic rings. The number of carbonyl (C=O) groups is 2. The molecule has 5 heterocycles. The Bertz CT molecular complexity index is 1720. The van der Waals surface area contributed by atoms with E-state index >= 15 is 4.39 Å². The monoisotopic (exact) mass is 657 g/mol. The van der Waals surface area contributed by atoms with E-state index in [0.29, 0.717) is 43.5 Å². The van der Waals surface area contributed by atoms with Crippen LogP contribution in [0.1, 0.15) is 94.3 Å². The molecule has 2 saturated carbocycles. The van der Waals surface area contributed by atoms with Crippen LogP contribution in [-0.4, -0.2) is 38.5 Å². The van der Waals surface area contributed by atoms with E-state index in [1.54, 1.807) is 12.1 Å². The fourth-order valence-electron chi connectivity index (χ4n) is 8.75. The molecule has 1 amide bonds. The molecule has 2 N–H and O–H groups in total. The van der Waals surface area contributed by atoms with Crippen molar-refractivity contribution >= 4 is 40.7 Å². The second-order valence-electron chi connectivity index (χ2n) is 13.9. The number of carbonyl (C=O) groups excluding carboxylic acids is 2. The molecule has 7 rings (SSSR count). The van der Waals surface area contributed by atoms with Gasteiger partial charge in [0, 0.05) is 30.0 Å². The fourth-order valence-corrected chi connectivity index (χ4v) is 9.06. The number of amides is 1. The first-order chi connectivity index (χ1) is 21.4. The topological polar surface area (TPSA) is 140 Å². The zero-order chi connectivity index (χ0) is 31.7. The molecule has 0 aromatic carbocycles. The molecule has 4 aliphatic rings. The molecule has 0 bridgehead atoms. The summed E-state index contributed by atoms with van der Waals surface area (Å²) >= 11 is 12.5. The highest BCUT2D eigenvalue weighted by Gasteiger charge is 2.72. The predicted molar refractivity (Wildman–Crippen MR) is 162 cm³/mol. The first kappa shape index (κ1) is 30.5. The highest BCUT2D eigenvalue weighted by atomic mass is 35.5. The van der Waals surface area contributed by atoms with Crippen LogP contribution in [0.3, 0.4) is 0 Å². The number of ketones is 1. The second-order valence-corrected chi connectivity index (χ2v) is 14.7. The molecule has 2 spiro atoms. The van der Waals surface area contributed by atoms with Gasteiger partial charge in [-0.25, -0.2) is 24.3 Å². The van der Waals surface area contributed by atoms with Gasteiger partial charge in [0.1, 0.15) is 22.9 Å². The van der Waals surface area contributed by atoms with E-state index in [1.807, 2.05) is 6.07 Å². The van der Waals surface area contributed by atoms with Gasteiger partial charge in [-0.1, -0.05) is 43.1 Å². The Labute approximate surface area is 268 Å². The lowest BCUT2D eigenvalue weighted by atomic mass is 9.51. The number of fused-ring (bicyclic) bond motifs is 3. The van der Waals surface area contributed by atoms with Crippen LogP contribution in [0.4, 0.5) is 10.2 Å². The summed E-state index contributed by atoms with van der Waals surface area (Å²) in [6.45, 7) is 4.72. The van der Waals surface area contributed by atoms with E-state index in [1.165, 1.54) is 6.20 Å². The first-order valence-electron chi connectivity index (χ1n) is 15.4. The number of nitrogens with zero attached hydrogens (tertiary/aromatic N) is 3. The van der Waals surface area contributed by atoms with Crippen molar-refractivity contribution in [1.82, 2.24) is 20.2 Å². The maximum absolute atomic E-state index is 16.1. The summed E-state index contributed by atoms with van der Waals surface area (Å²) in [5.41, 5.74) is -0.982. The van der Waals surface area contributed by atoms with Crippen LogP contribution in [0.15, 0.2) is 33.6 Å². The maximum Gasteiger partial charge on any atom is 0.434 e. The molecular formula is C32H34Cl2FN5O5. The number of nitrogens with one attached hydrogen (secondary N) is 2. The number of halogens is 3. The number of pyridine rings is 2. The van der Waals surface area contributed by atoms with Crippen LogP contribution in [0, 0.1) is 28.5 Å². The van der Waals surface area contributed by atoms with Crippen molar-refractivity contribution in [2.45, 2.75) is 82.7 Å². The van der Waals surface area contributed by atoms with E-state index in [-0.39, 0.29) is 57.8 Å². The minimum absolute atomic E-state index is 0.0463. The maximum atomic E-state index is 16.1. The third kappa shape index (κ3) is 4.84. The number of rotatable bonds is 5. The first-order valence-corrected chi connectivity index (χ1v) is 16.2. The second kappa shape index (κ2) is 11.0. The van der Waals surface area contributed by atoms with Gasteiger partial charge < -0.3 is 14.5 Å². The van der Waals surface area contributed by atoms with Gasteiger partial charge in [0.25, 0.3) is 0 Å². The Balaban J connectivity index is 1.30. The molecule has 1 saturated heterocycles. The Morgan fingerprint density at radius 3 is 2.58 bits per heavy atom. The van der Waals surface area contributed by atoms with Crippen LogP contribution < -0.4 is 11.1 Å². The molecule has 238 valence electrons.